The highest BCUT2D eigenvalue weighted by atomic mass is 35.5. The van der Waals surface area contributed by atoms with Crippen molar-refractivity contribution < 1.29 is 14.5 Å². The number of hydrogen-bond acceptors (Lipinski definition) is 4. The second-order valence-electron chi connectivity index (χ2n) is 6.54. The number of rotatable bonds is 4. The van der Waals surface area contributed by atoms with E-state index in [9.17, 15) is 14.9 Å². The van der Waals surface area contributed by atoms with Crippen LogP contribution in [0.15, 0.2) is 36.4 Å². The number of nitro groups is 1. The lowest BCUT2D eigenvalue weighted by atomic mass is 9.87. The van der Waals surface area contributed by atoms with E-state index in [0.29, 0.717) is 5.56 Å². The summed E-state index contributed by atoms with van der Waals surface area (Å²) in [5.41, 5.74) is 1.54. The summed E-state index contributed by atoms with van der Waals surface area (Å²) in [4.78, 5) is 22.8. The van der Waals surface area contributed by atoms with Crippen LogP contribution in [0.25, 0.3) is 0 Å². The zero-order valence-electron chi connectivity index (χ0n) is 14.4. The number of ether oxygens (including phenoxy) is 1. The van der Waals surface area contributed by atoms with E-state index in [0.717, 1.165) is 5.56 Å². The Hall–Kier alpha value is -2.60. The van der Waals surface area contributed by atoms with Crippen LogP contribution in [-0.2, 0) is 5.41 Å². The fourth-order valence-electron chi connectivity index (χ4n) is 2.27. The van der Waals surface area contributed by atoms with E-state index in [1.807, 2.05) is 12.1 Å². The Kier molecular flexibility index (Phi) is 5.33. The zero-order valence-corrected chi connectivity index (χ0v) is 15.2. The van der Waals surface area contributed by atoms with Gasteiger partial charge in [0.15, 0.2) is 0 Å². The average molecular weight is 363 g/mol. The number of halogens is 1. The molecule has 6 nitrogen and oxygen atoms in total. The summed E-state index contributed by atoms with van der Waals surface area (Å²) in [6, 6.07) is 9.75. The summed E-state index contributed by atoms with van der Waals surface area (Å²) in [6.45, 7) is 6.27. The molecule has 1 N–H and O–H groups in total. The first-order chi connectivity index (χ1) is 11.6. The van der Waals surface area contributed by atoms with Crippen LogP contribution in [0, 0.1) is 10.1 Å². The number of carbonyl (C=O) groups is 1. The number of nitrogens with one attached hydrogen (secondary N) is 1. The first-order valence-corrected chi connectivity index (χ1v) is 7.95. The van der Waals surface area contributed by atoms with Crippen molar-refractivity contribution in [1.29, 1.82) is 0 Å². The quantitative estimate of drug-likeness (QED) is 0.625. The highest BCUT2D eigenvalue weighted by Gasteiger charge is 2.20. The molecule has 0 spiro atoms. The van der Waals surface area contributed by atoms with Gasteiger partial charge < -0.3 is 10.1 Å². The smallest absolute Gasteiger partial charge is 0.291 e. The molecule has 0 atom stereocenters. The molecular formula is C18H19ClN2O4. The van der Waals surface area contributed by atoms with Crippen LogP contribution in [-0.4, -0.2) is 17.9 Å². The summed E-state index contributed by atoms with van der Waals surface area (Å²) in [6.07, 6.45) is 0. The highest BCUT2D eigenvalue weighted by Crippen LogP contribution is 2.36. The Morgan fingerprint density at radius 2 is 1.80 bits per heavy atom. The summed E-state index contributed by atoms with van der Waals surface area (Å²) in [5.74, 6) is -0.195. The van der Waals surface area contributed by atoms with Gasteiger partial charge in [0.05, 0.1) is 23.8 Å². The maximum atomic E-state index is 12.4. The van der Waals surface area contributed by atoms with Crippen LogP contribution in [0.3, 0.4) is 0 Å². The predicted molar refractivity (Wildman–Crippen MR) is 97.8 cm³/mol. The van der Waals surface area contributed by atoms with Gasteiger partial charge in [0.1, 0.15) is 10.8 Å². The number of benzene rings is 2. The minimum absolute atomic E-state index is 0.00980. The van der Waals surface area contributed by atoms with Gasteiger partial charge in [0.2, 0.25) is 0 Å². The molecule has 0 heterocycles. The number of amides is 1. The second-order valence-corrected chi connectivity index (χ2v) is 6.95. The van der Waals surface area contributed by atoms with E-state index in [4.69, 9.17) is 16.3 Å². The van der Waals surface area contributed by atoms with E-state index in [1.165, 1.54) is 19.2 Å². The fourth-order valence-corrected chi connectivity index (χ4v) is 2.50. The predicted octanol–water partition coefficient (Wildman–Crippen LogP) is 4.81. The lowest BCUT2D eigenvalue weighted by Gasteiger charge is -2.19. The Morgan fingerprint density at radius 1 is 1.20 bits per heavy atom. The second kappa shape index (κ2) is 7.11. The number of carbonyl (C=O) groups excluding carboxylic acids is 1. The minimum atomic E-state index is -0.609. The van der Waals surface area contributed by atoms with Gasteiger partial charge in [-0.3, -0.25) is 14.9 Å². The molecule has 0 bridgehead atoms. The van der Waals surface area contributed by atoms with Crippen molar-refractivity contribution in [2.75, 3.05) is 12.4 Å². The summed E-state index contributed by atoms with van der Waals surface area (Å²) < 4.78 is 5.11. The van der Waals surface area contributed by atoms with E-state index < -0.39 is 4.92 Å². The topological polar surface area (TPSA) is 81.5 Å². The number of nitro benzene ring substituents is 1. The van der Waals surface area contributed by atoms with Crippen LogP contribution >= 0.6 is 11.6 Å². The third-order valence-electron chi connectivity index (χ3n) is 3.73. The molecule has 2 aromatic rings. The van der Waals surface area contributed by atoms with Crippen molar-refractivity contribution in [3.63, 3.8) is 0 Å². The summed E-state index contributed by atoms with van der Waals surface area (Å²) in [7, 11) is 1.36. The molecule has 0 fully saturated rings. The fraction of sp³-hybridized carbons (Fsp3) is 0.278. The number of nitrogens with zero attached hydrogens (tertiary/aromatic N) is 1. The normalized spacial score (nSPS) is 11.1. The molecular weight excluding hydrogens is 344 g/mol. The molecule has 0 aliphatic rings. The van der Waals surface area contributed by atoms with E-state index in [2.05, 4.69) is 26.1 Å². The molecule has 132 valence electrons. The molecule has 25 heavy (non-hydrogen) atoms. The van der Waals surface area contributed by atoms with Crippen molar-refractivity contribution in [3.05, 3.63) is 62.7 Å². The molecule has 0 saturated carbocycles. The van der Waals surface area contributed by atoms with E-state index >= 15 is 0 Å². The van der Waals surface area contributed by atoms with Gasteiger partial charge >= 0.3 is 0 Å². The van der Waals surface area contributed by atoms with Crippen LogP contribution in [0.4, 0.5) is 11.4 Å². The lowest BCUT2D eigenvalue weighted by molar-refractivity contribution is -0.384. The Bertz CT molecular complexity index is 811. The van der Waals surface area contributed by atoms with Crippen LogP contribution in [0.5, 0.6) is 5.75 Å². The van der Waals surface area contributed by atoms with Crippen molar-refractivity contribution >= 4 is 28.9 Å². The minimum Gasteiger partial charge on any atom is -0.494 e. The summed E-state index contributed by atoms with van der Waals surface area (Å²) in [5, 5.41) is 13.5. The van der Waals surface area contributed by atoms with Gasteiger partial charge in [-0.15, -0.1) is 0 Å². The molecule has 0 unspecified atom stereocenters. The van der Waals surface area contributed by atoms with Crippen LogP contribution in [0.2, 0.25) is 5.02 Å². The van der Waals surface area contributed by atoms with Gasteiger partial charge in [-0.05, 0) is 29.2 Å². The van der Waals surface area contributed by atoms with Crippen LogP contribution in [0.1, 0.15) is 36.7 Å². The third-order valence-corrected chi connectivity index (χ3v) is 4.03. The first-order valence-electron chi connectivity index (χ1n) is 7.57. The van der Waals surface area contributed by atoms with Gasteiger partial charge in [-0.1, -0.05) is 44.5 Å². The van der Waals surface area contributed by atoms with Crippen molar-refractivity contribution in [2.45, 2.75) is 26.2 Å². The molecule has 0 radical (unpaired) electrons. The molecule has 0 saturated heterocycles. The van der Waals surface area contributed by atoms with Gasteiger partial charge in [0, 0.05) is 5.56 Å². The zero-order chi connectivity index (χ0) is 18.8. The van der Waals surface area contributed by atoms with Gasteiger partial charge in [0.25, 0.3) is 11.6 Å². The maximum absolute atomic E-state index is 12.4. The number of methoxy groups -OCH3 is 1. The van der Waals surface area contributed by atoms with E-state index in [1.54, 1.807) is 12.1 Å². The van der Waals surface area contributed by atoms with Crippen molar-refractivity contribution in [3.8, 4) is 5.75 Å². The molecule has 0 aliphatic carbocycles. The molecule has 1 amide bonds. The summed E-state index contributed by atoms with van der Waals surface area (Å²) >= 11 is 5.91. The van der Waals surface area contributed by atoms with E-state index in [-0.39, 0.29) is 33.5 Å². The van der Waals surface area contributed by atoms with Crippen molar-refractivity contribution in [1.82, 2.24) is 0 Å². The lowest BCUT2D eigenvalue weighted by Crippen LogP contribution is -2.15. The molecule has 2 rings (SSSR count). The largest absolute Gasteiger partial charge is 0.494 e. The molecule has 0 aliphatic heterocycles. The molecule has 7 heteroatoms. The number of anilines is 1. The molecule has 0 aromatic heterocycles. The maximum Gasteiger partial charge on any atom is 0.291 e. The monoisotopic (exact) mass is 362 g/mol. The Morgan fingerprint density at radius 3 is 2.28 bits per heavy atom. The Labute approximate surface area is 150 Å². The standard InChI is InChI=1S/C18H19ClN2O4/c1-18(2,3)12-7-5-11(6-8-12)17(22)20-14-9-13(19)15(21(23)24)10-16(14)25-4/h5-10H,1-4H3,(H,20,22). The molecule has 2 aromatic carbocycles. The third kappa shape index (κ3) is 4.28. The average Bonchev–Trinajstić information content (AvgIpc) is 2.54. The Balaban J connectivity index is 2.28. The van der Waals surface area contributed by atoms with Gasteiger partial charge in [-0.25, -0.2) is 0 Å². The van der Waals surface area contributed by atoms with Crippen molar-refractivity contribution in [2.24, 2.45) is 0 Å². The SMILES string of the molecule is COc1cc([N+](=O)[O-])c(Cl)cc1NC(=O)c1ccc(C(C)(C)C)cc1. The number of hydrogen-bond donors (Lipinski definition) is 1. The first kappa shape index (κ1) is 18.7. The van der Waals surface area contributed by atoms with Gasteiger partial charge in [-0.2, -0.15) is 0 Å². The highest BCUT2D eigenvalue weighted by molar-refractivity contribution is 6.33. The van der Waals surface area contributed by atoms with Crippen LogP contribution < -0.4 is 10.1 Å².